The van der Waals surface area contributed by atoms with E-state index in [1.165, 1.54) is 38.5 Å². The van der Waals surface area contributed by atoms with Crippen molar-refractivity contribution in [3.05, 3.63) is 0 Å². The number of unbranched alkanes of at least 4 members (excludes halogenated alkanes) is 1. The molecule has 2 N–H and O–H groups in total. The number of aliphatic hydroxyl groups is 1. The molecule has 0 aromatic heterocycles. The minimum Gasteiger partial charge on any atom is -0.395 e. The summed E-state index contributed by atoms with van der Waals surface area (Å²) in [5, 5.41) is 13.0. The van der Waals surface area contributed by atoms with Gasteiger partial charge in [0.1, 0.15) is 0 Å². The predicted molar refractivity (Wildman–Crippen MR) is 87.0 cm³/mol. The first-order valence-corrected chi connectivity index (χ1v) is 8.81. The normalized spacial score (nSPS) is 27.1. The van der Waals surface area contributed by atoms with Gasteiger partial charge < -0.3 is 15.3 Å². The SMILES string of the molecule is CCCCN(CCO)CC1CC(CC)CCC1NCC. The third-order valence-electron chi connectivity index (χ3n) is 4.87. The molecule has 1 aliphatic rings. The standard InChI is InChI=1S/C17H36N2O/c1-4-7-10-19(11-12-20)14-16-13-15(5-2)8-9-17(16)18-6-3/h15-18,20H,4-14H2,1-3H3. The lowest BCUT2D eigenvalue weighted by atomic mass is 9.76. The number of rotatable bonds is 10. The monoisotopic (exact) mass is 284 g/mol. The molecule has 3 nitrogen and oxygen atoms in total. The van der Waals surface area contributed by atoms with Gasteiger partial charge in [-0.1, -0.05) is 33.6 Å². The lowest BCUT2D eigenvalue weighted by molar-refractivity contribution is 0.120. The number of nitrogens with zero attached hydrogens (tertiary/aromatic N) is 1. The van der Waals surface area contributed by atoms with Crippen LogP contribution in [0.1, 0.15) is 59.3 Å². The van der Waals surface area contributed by atoms with Crippen LogP contribution in [0.15, 0.2) is 0 Å². The van der Waals surface area contributed by atoms with Crippen LogP contribution >= 0.6 is 0 Å². The van der Waals surface area contributed by atoms with Crippen molar-refractivity contribution in [2.75, 3.05) is 32.8 Å². The zero-order valence-electron chi connectivity index (χ0n) is 13.9. The van der Waals surface area contributed by atoms with Gasteiger partial charge in [0, 0.05) is 19.1 Å². The van der Waals surface area contributed by atoms with Gasteiger partial charge in [-0.3, -0.25) is 0 Å². The molecular formula is C17H36N2O. The second-order valence-electron chi connectivity index (χ2n) is 6.39. The van der Waals surface area contributed by atoms with Crippen molar-refractivity contribution in [2.45, 2.75) is 65.3 Å². The van der Waals surface area contributed by atoms with E-state index in [1.807, 2.05) is 0 Å². The van der Waals surface area contributed by atoms with Gasteiger partial charge in [0.15, 0.2) is 0 Å². The number of nitrogens with one attached hydrogen (secondary N) is 1. The van der Waals surface area contributed by atoms with Gasteiger partial charge in [0.2, 0.25) is 0 Å². The maximum atomic E-state index is 9.28. The highest BCUT2D eigenvalue weighted by Gasteiger charge is 2.30. The largest absolute Gasteiger partial charge is 0.395 e. The summed E-state index contributed by atoms with van der Waals surface area (Å²) < 4.78 is 0. The van der Waals surface area contributed by atoms with Crippen molar-refractivity contribution in [3.8, 4) is 0 Å². The second-order valence-corrected chi connectivity index (χ2v) is 6.39. The van der Waals surface area contributed by atoms with Gasteiger partial charge in [0.05, 0.1) is 6.61 Å². The van der Waals surface area contributed by atoms with Crippen molar-refractivity contribution >= 4 is 0 Å². The quantitative estimate of drug-likeness (QED) is 0.647. The highest BCUT2D eigenvalue weighted by Crippen LogP contribution is 2.32. The molecule has 0 saturated heterocycles. The molecule has 0 aromatic carbocycles. The molecule has 1 saturated carbocycles. The molecule has 0 aliphatic heterocycles. The van der Waals surface area contributed by atoms with E-state index < -0.39 is 0 Å². The van der Waals surface area contributed by atoms with Crippen LogP contribution in [0.3, 0.4) is 0 Å². The van der Waals surface area contributed by atoms with Crippen LogP contribution in [0.4, 0.5) is 0 Å². The average molecular weight is 284 g/mol. The molecule has 20 heavy (non-hydrogen) atoms. The van der Waals surface area contributed by atoms with Crippen molar-refractivity contribution in [1.82, 2.24) is 10.2 Å². The molecule has 1 rings (SSSR count). The Morgan fingerprint density at radius 2 is 1.95 bits per heavy atom. The van der Waals surface area contributed by atoms with Gasteiger partial charge in [-0.15, -0.1) is 0 Å². The Kier molecular flexibility index (Phi) is 9.49. The van der Waals surface area contributed by atoms with Crippen LogP contribution in [0.25, 0.3) is 0 Å². The van der Waals surface area contributed by atoms with Crippen molar-refractivity contribution in [3.63, 3.8) is 0 Å². The molecule has 1 aliphatic carbocycles. The second kappa shape index (κ2) is 10.6. The molecule has 120 valence electrons. The summed E-state index contributed by atoms with van der Waals surface area (Å²) in [5.41, 5.74) is 0. The highest BCUT2D eigenvalue weighted by molar-refractivity contribution is 4.86. The summed E-state index contributed by atoms with van der Waals surface area (Å²) in [6.07, 6.45) is 7.89. The van der Waals surface area contributed by atoms with E-state index in [0.717, 1.165) is 38.0 Å². The summed E-state index contributed by atoms with van der Waals surface area (Å²) in [6, 6.07) is 0.686. The molecule has 0 amide bonds. The Labute approximate surface area is 126 Å². The third-order valence-corrected chi connectivity index (χ3v) is 4.87. The minimum absolute atomic E-state index is 0.291. The zero-order valence-corrected chi connectivity index (χ0v) is 13.9. The van der Waals surface area contributed by atoms with Crippen molar-refractivity contribution in [1.29, 1.82) is 0 Å². The molecule has 1 fully saturated rings. The van der Waals surface area contributed by atoms with Crippen LogP contribution in [-0.2, 0) is 0 Å². The summed E-state index contributed by atoms with van der Waals surface area (Å²) in [4.78, 5) is 2.48. The van der Waals surface area contributed by atoms with Crippen molar-refractivity contribution in [2.24, 2.45) is 11.8 Å². The molecule has 0 aromatic rings. The number of hydrogen-bond donors (Lipinski definition) is 2. The Hall–Kier alpha value is -0.120. The van der Waals surface area contributed by atoms with E-state index in [1.54, 1.807) is 0 Å². The smallest absolute Gasteiger partial charge is 0.0558 e. The van der Waals surface area contributed by atoms with Crippen LogP contribution < -0.4 is 5.32 Å². The predicted octanol–water partition coefficient (Wildman–Crippen LogP) is 2.89. The minimum atomic E-state index is 0.291. The van der Waals surface area contributed by atoms with Gasteiger partial charge in [-0.05, 0) is 50.6 Å². The number of hydrogen-bond acceptors (Lipinski definition) is 3. The highest BCUT2D eigenvalue weighted by atomic mass is 16.3. The summed E-state index contributed by atoms with van der Waals surface area (Å²) in [5.74, 6) is 1.68. The summed E-state index contributed by atoms with van der Waals surface area (Å²) in [7, 11) is 0. The Balaban J connectivity index is 2.55. The van der Waals surface area contributed by atoms with E-state index >= 15 is 0 Å². The fourth-order valence-corrected chi connectivity index (χ4v) is 3.61. The van der Waals surface area contributed by atoms with Crippen LogP contribution in [0.2, 0.25) is 0 Å². The first-order chi connectivity index (χ1) is 9.74. The maximum Gasteiger partial charge on any atom is 0.0558 e. The molecule has 0 bridgehead atoms. The summed E-state index contributed by atoms with van der Waals surface area (Å²) in [6.45, 7) is 11.3. The van der Waals surface area contributed by atoms with E-state index in [4.69, 9.17) is 0 Å². The summed E-state index contributed by atoms with van der Waals surface area (Å²) >= 11 is 0. The lowest BCUT2D eigenvalue weighted by Gasteiger charge is -2.39. The first kappa shape index (κ1) is 17.9. The first-order valence-electron chi connectivity index (χ1n) is 8.81. The molecule has 3 unspecified atom stereocenters. The van der Waals surface area contributed by atoms with E-state index in [-0.39, 0.29) is 0 Å². The Bertz CT molecular complexity index is 235. The van der Waals surface area contributed by atoms with E-state index in [0.29, 0.717) is 12.6 Å². The van der Waals surface area contributed by atoms with E-state index in [2.05, 4.69) is 31.0 Å². The maximum absolute atomic E-state index is 9.28. The van der Waals surface area contributed by atoms with Crippen molar-refractivity contribution < 1.29 is 5.11 Å². The fourth-order valence-electron chi connectivity index (χ4n) is 3.61. The topological polar surface area (TPSA) is 35.5 Å². The van der Waals surface area contributed by atoms with Gasteiger partial charge in [0.25, 0.3) is 0 Å². The average Bonchev–Trinajstić information content (AvgIpc) is 2.47. The third kappa shape index (κ3) is 6.11. The van der Waals surface area contributed by atoms with Gasteiger partial charge >= 0.3 is 0 Å². The zero-order chi connectivity index (χ0) is 14.8. The van der Waals surface area contributed by atoms with Crippen LogP contribution in [0, 0.1) is 11.8 Å². The van der Waals surface area contributed by atoms with E-state index in [9.17, 15) is 5.11 Å². The Morgan fingerprint density at radius 3 is 2.55 bits per heavy atom. The molecule has 3 atom stereocenters. The van der Waals surface area contributed by atoms with Gasteiger partial charge in [-0.2, -0.15) is 0 Å². The molecular weight excluding hydrogens is 248 g/mol. The molecule has 0 heterocycles. The van der Waals surface area contributed by atoms with Crippen LogP contribution in [-0.4, -0.2) is 48.8 Å². The molecule has 0 radical (unpaired) electrons. The lowest BCUT2D eigenvalue weighted by Crippen LogP contribution is -2.46. The Morgan fingerprint density at radius 1 is 1.15 bits per heavy atom. The molecule has 0 spiro atoms. The number of aliphatic hydroxyl groups excluding tert-OH is 1. The molecule has 3 heteroatoms. The van der Waals surface area contributed by atoms with Gasteiger partial charge in [-0.25, -0.2) is 0 Å². The van der Waals surface area contributed by atoms with Crippen LogP contribution in [0.5, 0.6) is 0 Å². The fraction of sp³-hybridized carbons (Fsp3) is 1.00.